The highest BCUT2D eigenvalue weighted by atomic mass is 32.2. The largest absolute Gasteiger partial charge is 0.368 e. The van der Waals surface area contributed by atoms with Gasteiger partial charge in [0, 0.05) is 0 Å². The molecule has 0 unspecified atom stereocenters. The van der Waals surface area contributed by atoms with Gasteiger partial charge in [-0.15, -0.1) is 0 Å². The van der Waals surface area contributed by atoms with Gasteiger partial charge in [0.25, 0.3) is 0 Å². The van der Waals surface area contributed by atoms with Gasteiger partial charge >= 0.3 is 5.69 Å². The van der Waals surface area contributed by atoms with Crippen LogP contribution in [0.4, 0.5) is 11.6 Å². The van der Waals surface area contributed by atoms with Crippen LogP contribution >= 0.6 is 11.8 Å². The van der Waals surface area contributed by atoms with E-state index in [-0.39, 0.29) is 11.6 Å². The highest BCUT2D eigenvalue weighted by molar-refractivity contribution is 7.99. The Morgan fingerprint density at radius 2 is 2.46 bits per heavy atom. The Kier molecular flexibility index (Phi) is 3.02. The quantitative estimate of drug-likeness (QED) is 0.339. The first-order valence-electron chi connectivity index (χ1n) is 3.55. The molecule has 1 heterocycles. The lowest BCUT2D eigenvalue weighted by Gasteiger charge is -1.99. The Morgan fingerprint density at radius 3 is 3.00 bits per heavy atom. The summed E-state index contributed by atoms with van der Waals surface area (Å²) in [4.78, 5) is 17.3. The number of anilines is 1. The van der Waals surface area contributed by atoms with Gasteiger partial charge in [-0.05, 0) is 5.75 Å². The van der Waals surface area contributed by atoms with Gasteiger partial charge < -0.3 is 5.73 Å². The van der Waals surface area contributed by atoms with E-state index in [4.69, 9.17) is 5.73 Å². The van der Waals surface area contributed by atoms with E-state index in [1.807, 2.05) is 6.92 Å². The van der Waals surface area contributed by atoms with Crippen LogP contribution in [0.2, 0.25) is 0 Å². The average Bonchev–Trinajstić information content (AvgIpc) is 2.04. The fourth-order valence-electron chi connectivity index (χ4n) is 0.741. The number of thioether (sulfide) groups is 1. The van der Waals surface area contributed by atoms with E-state index >= 15 is 0 Å². The van der Waals surface area contributed by atoms with E-state index in [2.05, 4.69) is 9.97 Å². The summed E-state index contributed by atoms with van der Waals surface area (Å²) in [6.07, 6.45) is 1.13. The summed E-state index contributed by atoms with van der Waals surface area (Å²) in [6.45, 7) is 1.88. The van der Waals surface area contributed by atoms with E-state index in [0.717, 1.165) is 6.20 Å². The number of nitrogen functional groups attached to an aromatic ring is 1. The molecule has 6 nitrogen and oxygen atoms in total. The Balaban J connectivity index is 3.10. The van der Waals surface area contributed by atoms with Crippen LogP contribution in [0.25, 0.3) is 0 Å². The van der Waals surface area contributed by atoms with E-state index < -0.39 is 4.92 Å². The molecule has 1 aromatic rings. The summed E-state index contributed by atoms with van der Waals surface area (Å²) in [7, 11) is 0. The van der Waals surface area contributed by atoms with Gasteiger partial charge in [0.15, 0.2) is 5.03 Å². The molecule has 7 heteroatoms. The minimum Gasteiger partial charge on any atom is -0.368 e. The van der Waals surface area contributed by atoms with Crippen LogP contribution < -0.4 is 5.73 Å². The fraction of sp³-hybridized carbons (Fsp3) is 0.333. The van der Waals surface area contributed by atoms with E-state index in [1.54, 1.807) is 0 Å². The molecule has 1 aromatic heterocycles. The Hall–Kier alpha value is -1.37. The SMILES string of the molecule is CCSc1nc(N)ncc1[N+](=O)[O-]. The molecule has 0 spiro atoms. The summed E-state index contributed by atoms with van der Waals surface area (Å²) in [5, 5.41) is 10.8. The Bertz CT molecular complexity index is 330. The number of nitro groups is 1. The molecule has 0 amide bonds. The molecule has 0 saturated heterocycles. The molecule has 0 saturated carbocycles. The van der Waals surface area contributed by atoms with Gasteiger partial charge in [0.05, 0.1) is 4.92 Å². The van der Waals surface area contributed by atoms with Crippen molar-refractivity contribution in [2.24, 2.45) is 0 Å². The zero-order valence-electron chi connectivity index (χ0n) is 6.93. The maximum Gasteiger partial charge on any atom is 0.319 e. The molecule has 2 N–H and O–H groups in total. The lowest BCUT2D eigenvalue weighted by atomic mass is 10.5. The van der Waals surface area contributed by atoms with Crippen molar-refractivity contribution in [3.05, 3.63) is 16.3 Å². The number of rotatable bonds is 3. The van der Waals surface area contributed by atoms with Crippen LogP contribution in [0.5, 0.6) is 0 Å². The van der Waals surface area contributed by atoms with Crippen LogP contribution in [0.1, 0.15) is 6.92 Å². The van der Waals surface area contributed by atoms with Gasteiger partial charge in [-0.1, -0.05) is 18.7 Å². The van der Waals surface area contributed by atoms with Gasteiger partial charge in [0.2, 0.25) is 5.95 Å². The van der Waals surface area contributed by atoms with Crippen LogP contribution in [0.15, 0.2) is 11.2 Å². The zero-order valence-corrected chi connectivity index (χ0v) is 7.74. The standard InChI is InChI=1S/C6H8N4O2S/c1-2-13-5-4(10(11)12)3-8-6(7)9-5/h3H,2H2,1H3,(H2,7,8,9). The van der Waals surface area contributed by atoms with Gasteiger partial charge in [-0.3, -0.25) is 10.1 Å². The summed E-state index contributed by atoms with van der Waals surface area (Å²) < 4.78 is 0. The minimum absolute atomic E-state index is 0.0570. The van der Waals surface area contributed by atoms with E-state index in [1.165, 1.54) is 11.8 Å². The number of nitrogens with two attached hydrogens (primary N) is 1. The molecule has 1 rings (SSSR count). The second kappa shape index (κ2) is 4.04. The summed E-state index contributed by atoms with van der Waals surface area (Å²) in [5.74, 6) is 0.763. The van der Waals surface area contributed by atoms with Crippen LogP contribution in [0, 0.1) is 10.1 Å². The first kappa shape index (κ1) is 9.72. The predicted octanol–water partition coefficient (Wildman–Crippen LogP) is 1.08. The molecule has 70 valence electrons. The molecular weight excluding hydrogens is 192 g/mol. The highest BCUT2D eigenvalue weighted by Crippen LogP contribution is 2.25. The van der Waals surface area contributed by atoms with Crippen molar-refractivity contribution in [3.8, 4) is 0 Å². The molecule has 0 radical (unpaired) electrons. The van der Waals surface area contributed by atoms with Crippen molar-refractivity contribution in [1.82, 2.24) is 9.97 Å². The summed E-state index contributed by atoms with van der Waals surface area (Å²) in [5.41, 5.74) is 5.20. The second-order valence-electron chi connectivity index (χ2n) is 2.11. The zero-order chi connectivity index (χ0) is 9.84. The topological polar surface area (TPSA) is 94.9 Å². The molecular formula is C6H8N4O2S. The minimum atomic E-state index is -0.516. The highest BCUT2D eigenvalue weighted by Gasteiger charge is 2.15. The third-order valence-corrected chi connectivity index (χ3v) is 2.09. The average molecular weight is 200 g/mol. The summed E-state index contributed by atoms with van der Waals surface area (Å²) >= 11 is 1.27. The van der Waals surface area contributed by atoms with Crippen LogP contribution in [-0.2, 0) is 0 Å². The molecule has 0 aliphatic carbocycles. The Morgan fingerprint density at radius 1 is 1.77 bits per heavy atom. The molecule has 0 aromatic carbocycles. The lowest BCUT2D eigenvalue weighted by Crippen LogP contribution is -2.00. The predicted molar refractivity (Wildman–Crippen MR) is 49.5 cm³/mol. The normalized spacial score (nSPS) is 9.92. The van der Waals surface area contributed by atoms with Crippen molar-refractivity contribution < 1.29 is 4.92 Å². The van der Waals surface area contributed by atoms with Crippen LogP contribution in [-0.4, -0.2) is 20.6 Å². The maximum absolute atomic E-state index is 10.5. The van der Waals surface area contributed by atoms with Crippen molar-refractivity contribution in [2.75, 3.05) is 11.5 Å². The number of nitrogens with zero attached hydrogens (tertiary/aromatic N) is 3. The van der Waals surface area contributed by atoms with Crippen molar-refractivity contribution in [2.45, 2.75) is 11.9 Å². The monoisotopic (exact) mass is 200 g/mol. The Labute approximate surface area is 78.7 Å². The molecule has 0 aliphatic rings. The smallest absolute Gasteiger partial charge is 0.319 e. The number of hydrogen-bond donors (Lipinski definition) is 1. The van der Waals surface area contributed by atoms with Gasteiger partial charge in [-0.2, -0.15) is 4.98 Å². The summed E-state index contributed by atoms with van der Waals surface area (Å²) in [6, 6.07) is 0. The van der Waals surface area contributed by atoms with Gasteiger partial charge in [0.1, 0.15) is 6.20 Å². The number of hydrogen-bond acceptors (Lipinski definition) is 6. The molecule has 0 bridgehead atoms. The lowest BCUT2D eigenvalue weighted by molar-refractivity contribution is -0.388. The molecule has 13 heavy (non-hydrogen) atoms. The molecule has 0 atom stereocenters. The van der Waals surface area contributed by atoms with Crippen LogP contribution in [0.3, 0.4) is 0 Å². The first-order valence-corrected chi connectivity index (χ1v) is 4.53. The van der Waals surface area contributed by atoms with Crippen molar-refractivity contribution >= 4 is 23.4 Å². The molecule has 0 aliphatic heterocycles. The number of aromatic nitrogens is 2. The van der Waals surface area contributed by atoms with Crippen molar-refractivity contribution in [3.63, 3.8) is 0 Å². The maximum atomic E-state index is 10.5. The van der Waals surface area contributed by atoms with E-state index in [9.17, 15) is 10.1 Å². The second-order valence-corrected chi connectivity index (χ2v) is 3.36. The first-order chi connectivity index (χ1) is 6.15. The van der Waals surface area contributed by atoms with E-state index in [0.29, 0.717) is 10.8 Å². The van der Waals surface area contributed by atoms with Gasteiger partial charge in [-0.25, -0.2) is 4.98 Å². The third kappa shape index (κ3) is 2.28. The molecule has 0 fully saturated rings. The van der Waals surface area contributed by atoms with Crippen molar-refractivity contribution in [1.29, 1.82) is 0 Å². The fourth-order valence-corrected chi connectivity index (χ4v) is 1.45. The third-order valence-electron chi connectivity index (χ3n) is 1.23.